The van der Waals surface area contributed by atoms with Crippen molar-refractivity contribution in [3.05, 3.63) is 29.8 Å². The third-order valence-electron chi connectivity index (χ3n) is 3.28. The van der Waals surface area contributed by atoms with E-state index in [1.54, 1.807) is 0 Å². The molecule has 2 N–H and O–H groups in total. The van der Waals surface area contributed by atoms with Crippen LogP contribution in [0.5, 0.6) is 5.75 Å². The summed E-state index contributed by atoms with van der Waals surface area (Å²) in [6, 6.07) is 7.95. The van der Waals surface area contributed by atoms with Crippen LogP contribution in [0, 0.1) is 6.92 Å². The second-order valence-corrected chi connectivity index (χ2v) is 4.82. The highest BCUT2D eigenvalue weighted by Crippen LogP contribution is 2.12. The maximum Gasteiger partial charge on any atom is 0.260 e. The first-order valence-electron chi connectivity index (χ1n) is 6.38. The number of carbonyl (C=O) groups excluding carboxylic acids is 1. The Bertz CT molecular complexity index is 395. The molecule has 1 saturated heterocycles. The number of benzene rings is 1. The quantitative estimate of drug-likeness (QED) is 0.877. The lowest BCUT2D eigenvalue weighted by atomic mass is 10.1. The average Bonchev–Trinajstić information content (AvgIpc) is 2.38. The average molecular weight is 248 g/mol. The van der Waals surface area contributed by atoms with Crippen LogP contribution in [-0.2, 0) is 4.79 Å². The highest BCUT2D eigenvalue weighted by Gasteiger charge is 2.20. The number of ether oxygens (including phenoxy) is 1. The van der Waals surface area contributed by atoms with Crippen LogP contribution in [-0.4, -0.2) is 36.5 Å². The molecule has 0 radical (unpaired) electrons. The van der Waals surface area contributed by atoms with Gasteiger partial charge < -0.3 is 15.4 Å². The SMILES string of the molecule is Cc1ccc(OCC(=O)N2CCC(N)CC2)cc1. The minimum Gasteiger partial charge on any atom is -0.484 e. The first kappa shape index (κ1) is 12.9. The minimum absolute atomic E-state index is 0.0440. The van der Waals surface area contributed by atoms with Gasteiger partial charge in [-0.25, -0.2) is 0 Å². The summed E-state index contributed by atoms with van der Waals surface area (Å²) < 4.78 is 5.48. The number of nitrogens with zero attached hydrogens (tertiary/aromatic N) is 1. The molecule has 0 aromatic heterocycles. The number of piperidine rings is 1. The van der Waals surface area contributed by atoms with E-state index in [2.05, 4.69) is 0 Å². The molecule has 1 heterocycles. The molecule has 0 bridgehead atoms. The third-order valence-corrected chi connectivity index (χ3v) is 3.28. The zero-order valence-corrected chi connectivity index (χ0v) is 10.8. The molecule has 1 aliphatic rings. The largest absolute Gasteiger partial charge is 0.484 e. The van der Waals surface area contributed by atoms with Gasteiger partial charge in [-0.1, -0.05) is 17.7 Å². The zero-order chi connectivity index (χ0) is 13.0. The highest BCUT2D eigenvalue weighted by molar-refractivity contribution is 5.77. The number of amides is 1. The van der Waals surface area contributed by atoms with Crippen LogP contribution in [0.25, 0.3) is 0 Å². The summed E-state index contributed by atoms with van der Waals surface area (Å²) in [4.78, 5) is 13.7. The van der Waals surface area contributed by atoms with Crippen LogP contribution >= 0.6 is 0 Å². The first-order chi connectivity index (χ1) is 8.65. The van der Waals surface area contributed by atoms with Crippen molar-refractivity contribution in [3.8, 4) is 5.75 Å². The van der Waals surface area contributed by atoms with Crippen LogP contribution in [0.15, 0.2) is 24.3 Å². The molecule has 0 spiro atoms. The molecule has 1 aliphatic heterocycles. The molecule has 0 saturated carbocycles. The number of nitrogens with two attached hydrogens (primary N) is 1. The van der Waals surface area contributed by atoms with Crippen molar-refractivity contribution in [1.29, 1.82) is 0 Å². The monoisotopic (exact) mass is 248 g/mol. The minimum atomic E-state index is 0.0440. The molecule has 98 valence electrons. The van der Waals surface area contributed by atoms with Crippen molar-refractivity contribution in [3.63, 3.8) is 0 Å². The maximum atomic E-state index is 11.9. The molecule has 1 aromatic rings. The molecular formula is C14H20N2O2. The third kappa shape index (κ3) is 3.47. The van der Waals surface area contributed by atoms with Crippen LogP contribution in [0.1, 0.15) is 18.4 Å². The Labute approximate surface area is 108 Å². The van der Waals surface area contributed by atoms with Gasteiger partial charge in [0.25, 0.3) is 5.91 Å². The first-order valence-corrected chi connectivity index (χ1v) is 6.38. The summed E-state index contributed by atoms with van der Waals surface area (Å²) in [6.45, 7) is 3.62. The highest BCUT2D eigenvalue weighted by atomic mass is 16.5. The van der Waals surface area contributed by atoms with Gasteiger partial charge in [0, 0.05) is 19.1 Å². The molecule has 0 aliphatic carbocycles. The van der Waals surface area contributed by atoms with Crippen molar-refractivity contribution < 1.29 is 9.53 Å². The number of hydrogen-bond donors (Lipinski definition) is 1. The fourth-order valence-electron chi connectivity index (χ4n) is 2.02. The molecule has 0 atom stereocenters. The predicted octanol–water partition coefficient (Wildman–Crippen LogP) is 1.32. The lowest BCUT2D eigenvalue weighted by molar-refractivity contribution is -0.134. The number of likely N-dealkylation sites (tertiary alicyclic amines) is 1. The number of aryl methyl sites for hydroxylation is 1. The smallest absolute Gasteiger partial charge is 0.260 e. The molecule has 0 unspecified atom stereocenters. The number of carbonyl (C=O) groups is 1. The lowest BCUT2D eigenvalue weighted by Gasteiger charge is -2.30. The zero-order valence-electron chi connectivity index (χ0n) is 10.8. The van der Waals surface area contributed by atoms with Crippen LogP contribution < -0.4 is 10.5 Å². The summed E-state index contributed by atoms with van der Waals surface area (Å²) in [6.07, 6.45) is 1.77. The van der Waals surface area contributed by atoms with Gasteiger partial charge in [0.15, 0.2) is 6.61 Å². The van der Waals surface area contributed by atoms with E-state index in [-0.39, 0.29) is 18.6 Å². The lowest BCUT2D eigenvalue weighted by Crippen LogP contribution is -2.44. The van der Waals surface area contributed by atoms with E-state index >= 15 is 0 Å². The fraction of sp³-hybridized carbons (Fsp3) is 0.500. The van der Waals surface area contributed by atoms with Gasteiger partial charge in [0.1, 0.15) is 5.75 Å². The molecule has 1 fully saturated rings. The molecule has 4 heteroatoms. The normalized spacial score (nSPS) is 16.7. The summed E-state index contributed by atoms with van der Waals surface area (Å²) in [5, 5.41) is 0. The van der Waals surface area contributed by atoms with Gasteiger partial charge in [0.05, 0.1) is 0 Å². The van der Waals surface area contributed by atoms with Gasteiger partial charge in [-0.05, 0) is 31.9 Å². The van der Waals surface area contributed by atoms with E-state index in [0.717, 1.165) is 31.7 Å². The topological polar surface area (TPSA) is 55.6 Å². The second kappa shape index (κ2) is 5.87. The molecular weight excluding hydrogens is 228 g/mol. The van der Waals surface area contributed by atoms with Gasteiger partial charge in [-0.2, -0.15) is 0 Å². The Kier molecular flexibility index (Phi) is 4.20. The summed E-state index contributed by atoms with van der Waals surface area (Å²) >= 11 is 0. The summed E-state index contributed by atoms with van der Waals surface area (Å²) in [5.41, 5.74) is 6.99. The second-order valence-electron chi connectivity index (χ2n) is 4.82. The van der Waals surface area contributed by atoms with E-state index in [1.807, 2.05) is 36.1 Å². The summed E-state index contributed by atoms with van der Waals surface area (Å²) in [5.74, 6) is 0.783. The van der Waals surface area contributed by atoms with Crippen molar-refractivity contribution in [2.45, 2.75) is 25.8 Å². The van der Waals surface area contributed by atoms with Crippen molar-refractivity contribution in [2.24, 2.45) is 5.73 Å². The van der Waals surface area contributed by atoms with Crippen molar-refractivity contribution in [1.82, 2.24) is 4.90 Å². The van der Waals surface area contributed by atoms with E-state index in [0.29, 0.717) is 0 Å². The van der Waals surface area contributed by atoms with Gasteiger partial charge in [-0.15, -0.1) is 0 Å². The molecule has 1 aromatic carbocycles. The number of rotatable bonds is 3. The molecule has 2 rings (SSSR count). The van der Waals surface area contributed by atoms with Crippen molar-refractivity contribution >= 4 is 5.91 Å². The van der Waals surface area contributed by atoms with Crippen LogP contribution in [0.2, 0.25) is 0 Å². The Hall–Kier alpha value is -1.55. The Morgan fingerprint density at radius 1 is 1.33 bits per heavy atom. The maximum absolute atomic E-state index is 11.9. The Morgan fingerprint density at radius 3 is 2.56 bits per heavy atom. The van der Waals surface area contributed by atoms with Gasteiger partial charge >= 0.3 is 0 Å². The Balaban J connectivity index is 1.79. The number of hydrogen-bond acceptors (Lipinski definition) is 3. The predicted molar refractivity (Wildman–Crippen MR) is 70.5 cm³/mol. The molecule has 4 nitrogen and oxygen atoms in total. The van der Waals surface area contributed by atoms with Gasteiger partial charge in [-0.3, -0.25) is 4.79 Å². The van der Waals surface area contributed by atoms with E-state index < -0.39 is 0 Å². The fourth-order valence-corrected chi connectivity index (χ4v) is 2.02. The standard InChI is InChI=1S/C14H20N2O2/c1-11-2-4-13(5-3-11)18-10-14(17)16-8-6-12(15)7-9-16/h2-5,12H,6-10,15H2,1H3. The van der Waals surface area contributed by atoms with E-state index in [4.69, 9.17) is 10.5 Å². The molecule has 18 heavy (non-hydrogen) atoms. The van der Waals surface area contributed by atoms with Gasteiger partial charge in [0.2, 0.25) is 0 Å². The van der Waals surface area contributed by atoms with E-state index in [9.17, 15) is 4.79 Å². The van der Waals surface area contributed by atoms with Crippen LogP contribution in [0.3, 0.4) is 0 Å². The Morgan fingerprint density at radius 2 is 1.94 bits per heavy atom. The summed E-state index contributed by atoms with van der Waals surface area (Å²) in [7, 11) is 0. The van der Waals surface area contributed by atoms with E-state index in [1.165, 1.54) is 5.56 Å². The molecule has 1 amide bonds. The van der Waals surface area contributed by atoms with Crippen molar-refractivity contribution in [2.75, 3.05) is 19.7 Å². The van der Waals surface area contributed by atoms with Crippen LogP contribution in [0.4, 0.5) is 0 Å².